The van der Waals surface area contributed by atoms with Crippen LogP contribution in [-0.2, 0) is 11.2 Å². The topological polar surface area (TPSA) is 50.2 Å². The zero-order valence-electron chi connectivity index (χ0n) is 8.74. The van der Waals surface area contributed by atoms with Gasteiger partial charge in [0.2, 0.25) is 0 Å². The van der Waals surface area contributed by atoms with Crippen LogP contribution in [0.4, 0.5) is 0 Å². The van der Waals surface area contributed by atoms with Gasteiger partial charge in [-0.15, -0.1) is 0 Å². The van der Waals surface area contributed by atoms with E-state index in [-0.39, 0.29) is 0 Å². The number of nitrogens with zero attached hydrogens (tertiary/aromatic N) is 1. The van der Waals surface area contributed by atoms with Crippen molar-refractivity contribution in [1.29, 1.82) is 0 Å². The predicted molar refractivity (Wildman–Crippen MR) is 54.1 cm³/mol. The van der Waals surface area contributed by atoms with Crippen molar-refractivity contribution in [3.8, 4) is 0 Å². The van der Waals surface area contributed by atoms with Gasteiger partial charge >= 0.3 is 5.97 Å². The summed E-state index contributed by atoms with van der Waals surface area (Å²) in [5.74, 6) is -0.791. The Morgan fingerprint density at radius 3 is 2.71 bits per heavy atom. The van der Waals surface area contributed by atoms with Gasteiger partial charge < -0.3 is 5.11 Å². The van der Waals surface area contributed by atoms with Crippen LogP contribution in [0.2, 0.25) is 0 Å². The second-order valence-electron chi connectivity index (χ2n) is 4.19. The molecule has 0 amide bonds. The van der Waals surface area contributed by atoms with E-state index in [2.05, 4.69) is 4.98 Å². The van der Waals surface area contributed by atoms with Crippen molar-refractivity contribution in [2.45, 2.75) is 27.2 Å². The summed E-state index contributed by atoms with van der Waals surface area (Å²) in [6.07, 6.45) is 2.17. The van der Waals surface area contributed by atoms with Gasteiger partial charge in [0.05, 0.1) is 5.41 Å². The maximum absolute atomic E-state index is 10.9. The first-order chi connectivity index (χ1) is 6.42. The lowest BCUT2D eigenvalue weighted by atomic mass is 9.87. The first-order valence-corrected chi connectivity index (χ1v) is 4.57. The lowest BCUT2D eigenvalue weighted by molar-refractivity contribution is -0.146. The van der Waals surface area contributed by atoms with E-state index in [0.717, 1.165) is 11.3 Å². The molecule has 3 heteroatoms. The van der Waals surface area contributed by atoms with E-state index >= 15 is 0 Å². The van der Waals surface area contributed by atoms with Gasteiger partial charge in [-0.25, -0.2) is 0 Å². The predicted octanol–water partition coefficient (Wildman–Crippen LogP) is 2.04. The smallest absolute Gasteiger partial charge is 0.309 e. The van der Waals surface area contributed by atoms with Crippen molar-refractivity contribution in [2.75, 3.05) is 0 Å². The number of hydrogen-bond acceptors (Lipinski definition) is 2. The number of hydrogen-bond donors (Lipinski definition) is 1. The molecule has 1 rings (SSSR count). The molecule has 0 radical (unpaired) electrons. The van der Waals surface area contributed by atoms with Crippen LogP contribution in [0, 0.1) is 12.3 Å². The number of carboxylic acid groups (broad SMARTS) is 1. The molecule has 0 aliphatic carbocycles. The van der Waals surface area contributed by atoms with Crippen LogP contribution < -0.4 is 0 Å². The quantitative estimate of drug-likeness (QED) is 0.799. The Hall–Kier alpha value is -1.38. The molecule has 1 heterocycles. The molecule has 0 saturated carbocycles. The van der Waals surface area contributed by atoms with Crippen molar-refractivity contribution in [1.82, 2.24) is 4.98 Å². The number of rotatable bonds is 3. The summed E-state index contributed by atoms with van der Waals surface area (Å²) in [4.78, 5) is 15.0. The highest BCUT2D eigenvalue weighted by molar-refractivity contribution is 5.73. The second kappa shape index (κ2) is 3.78. The normalized spacial score (nSPS) is 11.4. The zero-order chi connectivity index (χ0) is 10.8. The molecule has 0 spiro atoms. The van der Waals surface area contributed by atoms with Gasteiger partial charge in [0, 0.05) is 18.3 Å². The van der Waals surface area contributed by atoms with E-state index in [1.165, 1.54) is 0 Å². The van der Waals surface area contributed by atoms with Gasteiger partial charge in [0.25, 0.3) is 0 Å². The minimum absolute atomic E-state index is 0.462. The summed E-state index contributed by atoms with van der Waals surface area (Å²) in [6.45, 7) is 5.39. The fourth-order valence-corrected chi connectivity index (χ4v) is 1.22. The highest BCUT2D eigenvalue weighted by atomic mass is 16.4. The third kappa shape index (κ3) is 2.55. The molecule has 76 valence electrons. The van der Waals surface area contributed by atoms with Gasteiger partial charge in [-0.1, -0.05) is 0 Å². The SMILES string of the molecule is Cc1ccnc(CC(C)(C)C(=O)O)c1. The first kappa shape index (κ1) is 10.7. The van der Waals surface area contributed by atoms with Gasteiger partial charge in [-0.2, -0.15) is 0 Å². The van der Waals surface area contributed by atoms with E-state index in [1.807, 2.05) is 19.1 Å². The van der Waals surface area contributed by atoms with Crippen LogP contribution in [0.15, 0.2) is 18.3 Å². The Labute approximate surface area is 83.8 Å². The number of carboxylic acids is 1. The zero-order valence-corrected chi connectivity index (χ0v) is 8.74. The molecule has 1 aromatic heterocycles. The van der Waals surface area contributed by atoms with E-state index in [0.29, 0.717) is 6.42 Å². The van der Waals surface area contributed by atoms with Gasteiger partial charge in [-0.05, 0) is 38.5 Å². The maximum atomic E-state index is 10.9. The Morgan fingerprint density at radius 2 is 2.21 bits per heavy atom. The molecule has 3 nitrogen and oxygen atoms in total. The molecular formula is C11H15NO2. The monoisotopic (exact) mass is 193 g/mol. The van der Waals surface area contributed by atoms with E-state index in [9.17, 15) is 4.79 Å². The van der Waals surface area contributed by atoms with Gasteiger partial charge in [-0.3, -0.25) is 9.78 Å². The molecule has 0 bridgehead atoms. The minimum atomic E-state index is -0.791. The number of pyridine rings is 1. The average molecular weight is 193 g/mol. The van der Waals surface area contributed by atoms with Crippen molar-refractivity contribution in [3.63, 3.8) is 0 Å². The van der Waals surface area contributed by atoms with E-state index in [1.54, 1.807) is 20.0 Å². The van der Waals surface area contributed by atoms with Crippen molar-refractivity contribution in [2.24, 2.45) is 5.41 Å². The van der Waals surface area contributed by atoms with Gasteiger partial charge in [0.15, 0.2) is 0 Å². The lowest BCUT2D eigenvalue weighted by Crippen LogP contribution is -2.26. The van der Waals surface area contributed by atoms with Crippen LogP contribution in [0.1, 0.15) is 25.1 Å². The highest BCUT2D eigenvalue weighted by Gasteiger charge is 2.27. The molecule has 0 aromatic carbocycles. The summed E-state index contributed by atoms with van der Waals surface area (Å²) in [5.41, 5.74) is 1.19. The summed E-state index contributed by atoms with van der Waals surface area (Å²) >= 11 is 0. The van der Waals surface area contributed by atoms with Crippen LogP contribution in [0.5, 0.6) is 0 Å². The molecule has 0 unspecified atom stereocenters. The molecule has 14 heavy (non-hydrogen) atoms. The number of carbonyl (C=O) groups is 1. The Balaban J connectivity index is 2.83. The minimum Gasteiger partial charge on any atom is -0.481 e. The van der Waals surface area contributed by atoms with Crippen LogP contribution in [0.25, 0.3) is 0 Å². The van der Waals surface area contributed by atoms with Crippen LogP contribution in [-0.4, -0.2) is 16.1 Å². The molecule has 0 aliphatic heterocycles. The summed E-state index contributed by atoms with van der Waals surface area (Å²) in [5, 5.41) is 8.94. The number of aliphatic carboxylic acids is 1. The second-order valence-corrected chi connectivity index (χ2v) is 4.19. The fraction of sp³-hybridized carbons (Fsp3) is 0.455. The van der Waals surface area contributed by atoms with Crippen molar-refractivity contribution < 1.29 is 9.90 Å². The summed E-state index contributed by atoms with van der Waals surface area (Å²) < 4.78 is 0. The van der Waals surface area contributed by atoms with Crippen LogP contribution in [0.3, 0.4) is 0 Å². The first-order valence-electron chi connectivity index (χ1n) is 4.57. The molecule has 0 aliphatic rings. The third-order valence-electron chi connectivity index (χ3n) is 2.17. The third-order valence-corrected chi connectivity index (χ3v) is 2.17. The molecule has 0 fully saturated rings. The molecule has 0 atom stereocenters. The Kier molecular flexibility index (Phi) is 2.89. The average Bonchev–Trinajstić information content (AvgIpc) is 2.02. The van der Waals surface area contributed by atoms with E-state index in [4.69, 9.17) is 5.11 Å². The summed E-state index contributed by atoms with van der Waals surface area (Å²) in [7, 11) is 0. The number of aromatic nitrogens is 1. The Morgan fingerprint density at radius 1 is 1.57 bits per heavy atom. The maximum Gasteiger partial charge on any atom is 0.309 e. The standard InChI is InChI=1S/C11H15NO2/c1-8-4-5-12-9(6-8)7-11(2,3)10(13)14/h4-6H,7H2,1-3H3,(H,13,14). The molecule has 0 saturated heterocycles. The van der Waals surface area contributed by atoms with Crippen molar-refractivity contribution in [3.05, 3.63) is 29.6 Å². The highest BCUT2D eigenvalue weighted by Crippen LogP contribution is 2.21. The molecule has 1 aromatic rings. The lowest BCUT2D eigenvalue weighted by Gasteiger charge is -2.18. The molecule has 1 N–H and O–H groups in total. The summed E-state index contributed by atoms with van der Waals surface area (Å²) in [6, 6.07) is 3.82. The van der Waals surface area contributed by atoms with E-state index < -0.39 is 11.4 Å². The van der Waals surface area contributed by atoms with Crippen LogP contribution >= 0.6 is 0 Å². The molecular weight excluding hydrogens is 178 g/mol. The Bertz CT molecular complexity index is 345. The fourth-order valence-electron chi connectivity index (χ4n) is 1.22. The number of aryl methyl sites for hydroxylation is 1. The van der Waals surface area contributed by atoms with Gasteiger partial charge in [0.1, 0.15) is 0 Å². The largest absolute Gasteiger partial charge is 0.481 e. The van der Waals surface area contributed by atoms with Crippen molar-refractivity contribution >= 4 is 5.97 Å².